The molecular formula is C21H34N6O8. The summed E-state index contributed by atoms with van der Waals surface area (Å²) in [6.07, 6.45) is 1.26. The van der Waals surface area contributed by atoms with Crippen molar-refractivity contribution in [3.05, 3.63) is 18.2 Å². The van der Waals surface area contributed by atoms with Gasteiger partial charge in [-0.25, -0.2) is 9.78 Å². The van der Waals surface area contributed by atoms with E-state index < -0.39 is 66.4 Å². The standard InChI is InChI=1S/C21H34N6O8/c1-4-10(2)16(26-18(31)13(22)7-12-8-23-9-24-12)20(33)25-14(5-6-15(29)30)19(32)27-17(11(3)28)21(34)35/h8-11,13-14,16-17,28H,4-7,22H2,1-3H3,(H,23,24)(H,25,33)(H,26,31)(H,27,32)(H,29,30)(H,34,35). The SMILES string of the molecule is CCC(C)C(NC(=O)C(N)Cc1cnc[nH]1)C(=O)NC(CCC(=O)O)C(=O)NC(C(=O)O)C(C)O. The van der Waals surface area contributed by atoms with Crippen molar-refractivity contribution < 1.29 is 39.3 Å². The Kier molecular flexibility index (Phi) is 11.8. The lowest BCUT2D eigenvalue weighted by Gasteiger charge is -2.28. The minimum atomic E-state index is -1.67. The van der Waals surface area contributed by atoms with Crippen LogP contribution in [0.15, 0.2) is 12.5 Å². The molecule has 1 aromatic rings. The van der Waals surface area contributed by atoms with Crippen molar-refractivity contribution in [2.24, 2.45) is 11.7 Å². The average molecular weight is 499 g/mol. The number of carbonyl (C=O) groups is 5. The molecule has 6 unspecified atom stereocenters. The van der Waals surface area contributed by atoms with Crippen LogP contribution in [0.2, 0.25) is 0 Å². The van der Waals surface area contributed by atoms with Crippen molar-refractivity contribution in [1.29, 1.82) is 0 Å². The molecule has 0 aliphatic carbocycles. The van der Waals surface area contributed by atoms with E-state index in [0.717, 1.165) is 6.92 Å². The quantitative estimate of drug-likeness (QED) is 0.134. The summed E-state index contributed by atoms with van der Waals surface area (Å²) < 4.78 is 0. The lowest BCUT2D eigenvalue weighted by Crippen LogP contribution is -2.59. The van der Waals surface area contributed by atoms with Gasteiger partial charge in [-0.1, -0.05) is 20.3 Å². The van der Waals surface area contributed by atoms with Crippen LogP contribution in [-0.2, 0) is 30.4 Å². The van der Waals surface area contributed by atoms with Gasteiger partial charge in [0.25, 0.3) is 0 Å². The highest BCUT2D eigenvalue weighted by atomic mass is 16.4. The second-order valence-corrected chi connectivity index (χ2v) is 8.32. The molecule has 0 aliphatic rings. The molecule has 0 saturated heterocycles. The van der Waals surface area contributed by atoms with E-state index in [1.807, 2.05) is 0 Å². The molecule has 0 spiro atoms. The summed E-state index contributed by atoms with van der Waals surface area (Å²) in [5.41, 5.74) is 6.56. The van der Waals surface area contributed by atoms with Crippen LogP contribution >= 0.6 is 0 Å². The lowest BCUT2D eigenvalue weighted by molar-refractivity contribution is -0.145. The minimum Gasteiger partial charge on any atom is -0.481 e. The Labute approximate surface area is 202 Å². The molecule has 35 heavy (non-hydrogen) atoms. The van der Waals surface area contributed by atoms with Gasteiger partial charge in [0.1, 0.15) is 12.1 Å². The number of aliphatic carboxylic acids is 2. The van der Waals surface area contributed by atoms with E-state index in [1.165, 1.54) is 12.5 Å². The van der Waals surface area contributed by atoms with E-state index in [9.17, 15) is 34.2 Å². The van der Waals surface area contributed by atoms with Gasteiger partial charge in [-0.3, -0.25) is 19.2 Å². The molecule has 14 heteroatoms. The molecule has 0 bridgehead atoms. The molecule has 0 radical (unpaired) electrons. The molecule has 1 rings (SSSR count). The van der Waals surface area contributed by atoms with Gasteiger partial charge in [0.05, 0.1) is 18.5 Å². The van der Waals surface area contributed by atoms with Crippen LogP contribution in [0.5, 0.6) is 0 Å². The molecule has 6 atom stereocenters. The topological polar surface area (TPSA) is 237 Å². The summed E-state index contributed by atoms with van der Waals surface area (Å²) >= 11 is 0. The van der Waals surface area contributed by atoms with Crippen LogP contribution in [0.4, 0.5) is 0 Å². The first-order valence-corrected chi connectivity index (χ1v) is 11.1. The number of carboxylic acid groups (broad SMARTS) is 2. The number of aliphatic hydroxyl groups is 1. The summed E-state index contributed by atoms with van der Waals surface area (Å²) in [6, 6.07) is -5.20. The molecular weight excluding hydrogens is 464 g/mol. The Morgan fingerprint density at radius 2 is 1.66 bits per heavy atom. The van der Waals surface area contributed by atoms with E-state index in [2.05, 4.69) is 25.9 Å². The molecule has 0 fully saturated rings. The third-order valence-corrected chi connectivity index (χ3v) is 5.45. The summed E-state index contributed by atoms with van der Waals surface area (Å²) in [4.78, 5) is 67.4. The molecule has 0 saturated carbocycles. The van der Waals surface area contributed by atoms with Crippen molar-refractivity contribution in [3.8, 4) is 0 Å². The molecule has 9 N–H and O–H groups in total. The largest absolute Gasteiger partial charge is 0.481 e. The number of hydrogen-bond acceptors (Lipinski definition) is 8. The maximum atomic E-state index is 13.1. The predicted octanol–water partition coefficient (Wildman–Crippen LogP) is -1.89. The smallest absolute Gasteiger partial charge is 0.328 e. The first kappa shape index (κ1) is 29.5. The molecule has 0 aliphatic heterocycles. The number of nitrogens with one attached hydrogen (secondary N) is 4. The summed E-state index contributed by atoms with van der Waals surface area (Å²) in [6.45, 7) is 4.65. The number of nitrogens with two attached hydrogens (primary N) is 1. The Bertz CT molecular complexity index is 875. The van der Waals surface area contributed by atoms with Crippen molar-refractivity contribution in [1.82, 2.24) is 25.9 Å². The van der Waals surface area contributed by atoms with Crippen LogP contribution in [-0.4, -0.2) is 85.2 Å². The fourth-order valence-corrected chi connectivity index (χ4v) is 3.13. The number of hydrogen-bond donors (Lipinski definition) is 8. The van der Waals surface area contributed by atoms with Gasteiger partial charge >= 0.3 is 11.9 Å². The third kappa shape index (κ3) is 9.70. The number of carbonyl (C=O) groups excluding carboxylic acids is 3. The second-order valence-electron chi connectivity index (χ2n) is 8.32. The minimum absolute atomic E-state index is 0.139. The zero-order valence-electron chi connectivity index (χ0n) is 19.9. The maximum Gasteiger partial charge on any atom is 0.328 e. The van der Waals surface area contributed by atoms with Crippen molar-refractivity contribution in [3.63, 3.8) is 0 Å². The monoisotopic (exact) mass is 498 g/mol. The van der Waals surface area contributed by atoms with E-state index in [1.54, 1.807) is 13.8 Å². The zero-order valence-corrected chi connectivity index (χ0v) is 19.9. The number of imidazole rings is 1. The van der Waals surface area contributed by atoms with E-state index in [0.29, 0.717) is 12.1 Å². The number of aromatic nitrogens is 2. The highest BCUT2D eigenvalue weighted by molar-refractivity contribution is 5.94. The van der Waals surface area contributed by atoms with Crippen LogP contribution in [0.1, 0.15) is 45.7 Å². The molecule has 0 aromatic carbocycles. The molecule has 14 nitrogen and oxygen atoms in total. The van der Waals surface area contributed by atoms with Crippen LogP contribution in [0, 0.1) is 5.92 Å². The van der Waals surface area contributed by atoms with Crippen LogP contribution < -0.4 is 21.7 Å². The van der Waals surface area contributed by atoms with E-state index in [4.69, 9.17) is 10.8 Å². The fraction of sp³-hybridized carbons (Fsp3) is 0.619. The predicted molar refractivity (Wildman–Crippen MR) is 122 cm³/mol. The van der Waals surface area contributed by atoms with Gasteiger partial charge in [0, 0.05) is 24.7 Å². The zero-order chi connectivity index (χ0) is 26.7. The second kappa shape index (κ2) is 14.0. The molecule has 1 aromatic heterocycles. The Balaban J connectivity index is 3.00. The maximum absolute atomic E-state index is 13.1. The number of aromatic amines is 1. The van der Waals surface area contributed by atoms with E-state index >= 15 is 0 Å². The number of aliphatic hydroxyl groups excluding tert-OH is 1. The van der Waals surface area contributed by atoms with Gasteiger partial charge < -0.3 is 42.0 Å². The number of rotatable bonds is 15. The van der Waals surface area contributed by atoms with Crippen molar-refractivity contribution in [2.45, 2.75) is 76.7 Å². The highest BCUT2D eigenvalue weighted by Gasteiger charge is 2.33. The first-order chi connectivity index (χ1) is 16.4. The number of carboxylic acids is 2. The number of nitrogens with zero attached hydrogens (tertiary/aromatic N) is 1. The van der Waals surface area contributed by atoms with Gasteiger partial charge in [0.15, 0.2) is 6.04 Å². The number of amides is 3. The summed E-state index contributed by atoms with van der Waals surface area (Å²) in [5.74, 6) is -5.50. The van der Waals surface area contributed by atoms with Crippen molar-refractivity contribution in [2.75, 3.05) is 0 Å². The Morgan fingerprint density at radius 3 is 2.14 bits per heavy atom. The van der Waals surface area contributed by atoms with E-state index in [-0.39, 0.29) is 18.8 Å². The molecule has 1 heterocycles. The first-order valence-electron chi connectivity index (χ1n) is 11.1. The highest BCUT2D eigenvalue weighted by Crippen LogP contribution is 2.11. The van der Waals surface area contributed by atoms with Crippen LogP contribution in [0.25, 0.3) is 0 Å². The van der Waals surface area contributed by atoms with Gasteiger partial charge in [-0.05, 0) is 19.3 Å². The third-order valence-electron chi connectivity index (χ3n) is 5.45. The van der Waals surface area contributed by atoms with Gasteiger partial charge in [0.2, 0.25) is 17.7 Å². The number of H-pyrrole nitrogens is 1. The fourth-order valence-electron chi connectivity index (χ4n) is 3.13. The average Bonchev–Trinajstić information content (AvgIpc) is 3.29. The lowest BCUT2D eigenvalue weighted by atomic mass is 9.96. The van der Waals surface area contributed by atoms with Crippen molar-refractivity contribution >= 4 is 29.7 Å². The summed E-state index contributed by atoms with van der Waals surface area (Å²) in [7, 11) is 0. The van der Waals surface area contributed by atoms with Gasteiger partial charge in [-0.2, -0.15) is 0 Å². The normalized spacial score (nSPS) is 16.1. The van der Waals surface area contributed by atoms with Gasteiger partial charge in [-0.15, -0.1) is 0 Å². The van der Waals surface area contributed by atoms with Crippen LogP contribution in [0.3, 0.4) is 0 Å². The summed E-state index contributed by atoms with van der Waals surface area (Å²) in [5, 5.41) is 34.9. The molecule has 3 amide bonds. The molecule has 196 valence electrons. The Morgan fingerprint density at radius 1 is 1.03 bits per heavy atom. The Hall–Kier alpha value is -3.52.